The molecule has 146 valence electrons. The molecule has 0 aliphatic carbocycles. The van der Waals surface area contributed by atoms with Gasteiger partial charge in [0.1, 0.15) is 18.5 Å². The topological polar surface area (TPSA) is 57.1 Å². The van der Waals surface area contributed by atoms with Crippen LogP contribution in [0.5, 0.6) is 0 Å². The number of carbonyl (C=O) groups is 1. The second kappa shape index (κ2) is 7.50. The summed E-state index contributed by atoms with van der Waals surface area (Å²) in [7, 11) is 0. The fourth-order valence-corrected chi connectivity index (χ4v) is 3.64. The second-order valence-electron chi connectivity index (χ2n) is 6.83. The van der Waals surface area contributed by atoms with E-state index in [2.05, 4.69) is 5.43 Å². The van der Waals surface area contributed by atoms with Gasteiger partial charge in [-0.15, -0.1) is 5.43 Å². The predicted molar refractivity (Wildman–Crippen MR) is 101 cm³/mol. The molecule has 0 aromatic heterocycles. The highest BCUT2D eigenvalue weighted by Gasteiger charge is 2.62. The largest absolute Gasteiger partial charge is 0.425 e. The van der Waals surface area contributed by atoms with Crippen LogP contribution in [-0.4, -0.2) is 41.8 Å². The van der Waals surface area contributed by atoms with Crippen molar-refractivity contribution in [3.05, 3.63) is 70.5 Å². The molecule has 4 rings (SSSR count). The number of benzene rings is 2. The molecule has 0 saturated carbocycles. The monoisotopic (exact) mass is 404 g/mol. The van der Waals surface area contributed by atoms with Crippen LogP contribution in [0.2, 0.25) is 5.02 Å². The fraction of sp³-hybridized carbons (Fsp3) is 0.300. The maximum Gasteiger partial charge on any atom is 0.305 e. The number of nitrogens with one attached hydrogen (secondary N) is 1. The van der Waals surface area contributed by atoms with Crippen molar-refractivity contribution < 1.29 is 23.2 Å². The van der Waals surface area contributed by atoms with Gasteiger partial charge in [0.25, 0.3) is 6.34 Å². The van der Waals surface area contributed by atoms with Crippen molar-refractivity contribution in [2.45, 2.75) is 18.6 Å². The van der Waals surface area contributed by atoms with Gasteiger partial charge < -0.3 is 9.47 Å². The first-order chi connectivity index (χ1) is 13.5. The molecule has 2 atom stereocenters. The van der Waals surface area contributed by atoms with Gasteiger partial charge in [-0.3, -0.25) is 4.79 Å². The van der Waals surface area contributed by atoms with Crippen molar-refractivity contribution in [2.75, 3.05) is 19.9 Å². The molecule has 2 aromatic rings. The third kappa shape index (κ3) is 3.73. The molecule has 0 bridgehead atoms. The molecule has 6 nitrogen and oxygen atoms in total. The van der Waals surface area contributed by atoms with Gasteiger partial charge in [-0.2, -0.15) is 5.01 Å². The smallest absolute Gasteiger partial charge is 0.305 e. The molecule has 2 unspecified atom stereocenters. The third-order valence-electron chi connectivity index (χ3n) is 4.83. The van der Waals surface area contributed by atoms with Crippen molar-refractivity contribution in [1.82, 2.24) is 10.4 Å². The Morgan fingerprint density at radius 1 is 1.36 bits per heavy atom. The van der Waals surface area contributed by atoms with E-state index in [0.29, 0.717) is 18.2 Å². The number of rotatable bonds is 6. The van der Waals surface area contributed by atoms with E-state index in [9.17, 15) is 9.18 Å². The summed E-state index contributed by atoms with van der Waals surface area (Å²) in [4.78, 5) is 11.0. The lowest BCUT2D eigenvalue weighted by Gasteiger charge is -2.16. The predicted octanol–water partition coefficient (Wildman–Crippen LogP) is 2.79. The molecule has 1 saturated heterocycles. The van der Waals surface area contributed by atoms with E-state index in [1.165, 1.54) is 19.1 Å². The molecule has 0 radical (unpaired) electrons. The van der Waals surface area contributed by atoms with Crippen molar-refractivity contribution in [3.63, 3.8) is 0 Å². The molecule has 1 N–H and O–H groups in total. The Balaban J connectivity index is 1.58. The van der Waals surface area contributed by atoms with Crippen LogP contribution in [0.15, 0.2) is 48.5 Å². The minimum absolute atomic E-state index is 0.164. The first-order valence-corrected chi connectivity index (χ1v) is 9.26. The Morgan fingerprint density at radius 2 is 2.11 bits per heavy atom. The summed E-state index contributed by atoms with van der Waals surface area (Å²) in [6.45, 7) is 2.52. The Morgan fingerprint density at radius 3 is 2.82 bits per heavy atom. The maximum atomic E-state index is 13.4. The van der Waals surface area contributed by atoms with Crippen molar-refractivity contribution >= 4 is 23.9 Å². The zero-order valence-electron chi connectivity index (χ0n) is 15.3. The highest BCUT2D eigenvalue weighted by molar-refractivity contribution is 6.31. The van der Waals surface area contributed by atoms with Crippen LogP contribution in [0.25, 0.3) is 0 Å². The standard InChI is InChI=1S/C20H20ClFN3O3/c1-14(26)27-13-24-11-23-25(12-24)10-20(15-6-8-16(22)9-7-15)19(28-20)17-4-2-3-5-18(17)21/h2-9,12,19,23H,10-11,13H2,1H3/q+1. The SMILES string of the molecule is CC(=O)OC[N+]1=CN(CC2(c3ccc(F)cc3)OC2c2ccccc2Cl)NC1. The number of halogens is 2. The highest BCUT2D eigenvalue weighted by Crippen LogP contribution is 2.58. The quantitative estimate of drug-likeness (QED) is 0.456. The van der Waals surface area contributed by atoms with E-state index in [4.69, 9.17) is 21.1 Å². The van der Waals surface area contributed by atoms with Gasteiger partial charge in [-0.25, -0.2) is 8.97 Å². The highest BCUT2D eigenvalue weighted by atomic mass is 35.5. The van der Waals surface area contributed by atoms with E-state index < -0.39 is 5.60 Å². The number of nitrogens with zero attached hydrogens (tertiary/aromatic N) is 2. The fourth-order valence-electron chi connectivity index (χ4n) is 3.40. The van der Waals surface area contributed by atoms with Crippen LogP contribution in [0.4, 0.5) is 4.39 Å². The van der Waals surface area contributed by atoms with E-state index in [1.54, 1.807) is 12.1 Å². The molecule has 28 heavy (non-hydrogen) atoms. The zero-order chi connectivity index (χ0) is 19.7. The van der Waals surface area contributed by atoms with Gasteiger partial charge in [0.05, 0.1) is 0 Å². The van der Waals surface area contributed by atoms with E-state index in [1.807, 2.05) is 40.2 Å². The lowest BCUT2D eigenvalue weighted by atomic mass is 9.91. The third-order valence-corrected chi connectivity index (χ3v) is 5.18. The van der Waals surface area contributed by atoms with Crippen LogP contribution in [0, 0.1) is 5.82 Å². The van der Waals surface area contributed by atoms with Crippen LogP contribution in [0.3, 0.4) is 0 Å². The number of ether oxygens (including phenoxy) is 2. The average Bonchev–Trinajstić information content (AvgIpc) is 3.20. The molecule has 8 heteroatoms. The number of hydrogen-bond acceptors (Lipinski definition) is 5. The van der Waals surface area contributed by atoms with Gasteiger partial charge in [0, 0.05) is 17.5 Å². The van der Waals surface area contributed by atoms with E-state index in [0.717, 1.165) is 11.1 Å². The first-order valence-electron chi connectivity index (χ1n) is 8.89. The Bertz CT molecular complexity index is 921. The summed E-state index contributed by atoms with van der Waals surface area (Å²) < 4.78 is 26.5. The molecule has 2 aliphatic rings. The summed E-state index contributed by atoms with van der Waals surface area (Å²) in [6.07, 6.45) is 1.59. The van der Waals surface area contributed by atoms with Crippen molar-refractivity contribution in [1.29, 1.82) is 0 Å². The van der Waals surface area contributed by atoms with E-state index >= 15 is 0 Å². The Labute approximate surface area is 167 Å². The minimum Gasteiger partial charge on any atom is -0.425 e. The minimum atomic E-state index is -0.667. The average molecular weight is 405 g/mol. The summed E-state index contributed by atoms with van der Waals surface area (Å²) in [5, 5.41) is 2.51. The Hall–Kier alpha value is -2.48. The van der Waals surface area contributed by atoms with Gasteiger partial charge in [-0.05, 0) is 23.8 Å². The first kappa shape index (κ1) is 18.9. The number of hydrogen-bond donors (Lipinski definition) is 1. The number of carbonyl (C=O) groups excluding carboxylic acids is 1. The molecule has 2 aromatic carbocycles. The summed E-state index contributed by atoms with van der Waals surface area (Å²) >= 11 is 6.38. The van der Waals surface area contributed by atoms with Crippen LogP contribution < -0.4 is 5.43 Å². The number of hydrazine groups is 1. The molecular formula is C20H20ClFN3O3+. The normalized spacial score (nSPS) is 23.5. The molecule has 0 spiro atoms. The second-order valence-corrected chi connectivity index (χ2v) is 7.24. The zero-order valence-corrected chi connectivity index (χ0v) is 16.0. The molecule has 1 fully saturated rings. The van der Waals surface area contributed by atoms with E-state index in [-0.39, 0.29) is 24.6 Å². The van der Waals surface area contributed by atoms with Crippen LogP contribution >= 0.6 is 11.6 Å². The van der Waals surface area contributed by atoms with Gasteiger partial charge >= 0.3 is 5.97 Å². The number of esters is 1. The van der Waals surface area contributed by atoms with Crippen LogP contribution in [-0.2, 0) is 19.9 Å². The van der Waals surface area contributed by atoms with Gasteiger partial charge in [0.2, 0.25) is 6.73 Å². The van der Waals surface area contributed by atoms with Gasteiger partial charge in [-0.1, -0.05) is 41.9 Å². The maximum absolute atomic E-state index is 13.4. The van der Waals surface area contributed by atoms with Crippen molar-refractivity contribution in [3.8, 4) is 0 Å². The molecule has 2 aliphatic heterocycles. The summed E-state index contributed by atoms with van der Waals surface area (Å²) in [5.74, 6) is -0.633. The van der Waals surface area contributed by atoms with Crippen molar-refractivity contribution in [2.24, 2.45) is 0 Å². The lowest BCUT2D eigenvalue weighted by Crippen LogP contribution is -2.39. The Kier molecular flexibility index (Phi) is 5.05. The summed E-state index contributed by atoms with van der Waals surface area (Å²) in [5.41, 5.74) is 4.31. The lowest BCUT2D eigenvalue weighted by molar-refractivity contribution is -0.554. The molecular weight excluding hydrogens is 385 g/mol. The molecule has 2 heterocycles. The molecule has 0 amide bonds. The van der Waals surface area contributed by atoms with Crippen LogP contribution in [0.1, 0.15) is 24.2 Å². The number of epoxide rings is 1. The van der Waals surface area contributed by atoms with Gasteiger partial charge in [0.15, 0.2) is 12.3 Å². The summed E-state index contributed by atoms with van der Waals surface area (Å²) in [6, 6.07) is 13.9.